The predicted octanol–water partition coefficient (Wildman–Crippen LogP) is 4.19. The Balaban J connectivity index is 1.33. The number of para-hydroxylation sites is 1. The summed E-state index contributed by atoms with van der Waals surface area (Å²) in [6.07, 6.45) is 1.66. The number of carbonyl (C=O) groups is 2. The van der Waals surface area contributed by atoms with E-state index >= 15 is 0 Å². The summed E-state index contributed by atoms with van der Waals surface area (Å²) in [4.78, 5) is 25.0. The maximum Gasteiger partial charge on any atom is 0.262 e. The van der Waals surface area contributed by atoms with Gasteiger partial charge in [0.2, 0.25) is 0 Å². The maximum atomic E-state index is 12.9. The number of methoxy groups -OCH3 is 1. The van der Waals surface area contributed by atoms with E-state index in [2.05, 4.69) is 22.8 Å². The standard InChI is InChI=1S/C28H30N2O5/c1-33-24-13-9-22(10-14-24)28(15-17-34-18-16-28)20-29-27(32)21-7-11-23(12-8-21)30-26(31)19-35-25-5-3-2-4-6-25/h2-14H,15-20H2,1H3,(H,29,32)(H,30,31). The van der Waals surface area contributed by atoms with E-state index in [9.17, 15) is 9.59 Å². The average Bonchev–Trinajstić information content (AvgIpc) is 2.92. The van der Waals surface area contributed by atoms with Crippen LogP contribution in [0, 0.1) is 0 Å². The van der Waals surface area contributed by atoms with Crippen LogP contribution in [-0.2, 0) is 14.9 Å². The Morgan fingerprint density at radius 2 is 1.57 bits per heavy atom. The molecule has 1 saturated heterocycles. The molecule has 0 atom stereocenters. The van der Waals surface area contributed by atoms with Gasteiger partial charge < -0.3 is 24.8 Å². The third-order valence-corrected chi connectivity index (χ3v) is 6.28. The molecule has 2 N–H and O–H groups in total. The van der Waals surface area contributed by atoms with Crippen LogP contribution in [0.4, 0.5) is 5.69 Å². The van der Waals surface area contributed by atoms with Gasteiger partial charge in [0.1, 0.15) is 11.5 Å². The van der Waals surface area contributed by atoms with Gasteiger partial charge in [0.15, 0.2) is 6.61 Å². The predicted molar refractivity (Wildman–Crippen MR) is 134 cm³/mol. The van der Waals surface area contributed by atoms with Crippen LogP contribution in [0.2, 0.25) is 0 Å². The number of nitrogens with one attached hydrogen (secondary N) is 2. The van der Waals surface area contributed by atoms with Gasteiger partial charge in [0.05, 0.1) is 7.11 Å². The highest BCUT2D eigenvalue weighted by atomic mass is 16.5. The van der Waals surface area contributed by atoms with Gasteiger partial charge in [-0.15, -0.1) is 0 Å². The lowest BCUT2D eigenvalue weighted by Gasteiger charge is -2.38. The van der Waals surface area contributed by atoms with E-state index in [0.717, 1.165) is 24.2 Å². The van der Waals surface area contributed by atoms with Crippen molar-refractivity contribution in [1.82, 2.24) is 5.32 Å². The van der Waals surface area contributed by atoms with Crippen LogP contribution in [-0.4, -0.2) is 45.3 Å². The molecule has 1 fully saturated rings. The van der Waals surface area contributed by atoms with Crippen molar-refractivity contribution >= 4 is 17.5 Å². The number of ether oxygens (including phenoxy) is 3. The minimum atomic E-state index is -0.271. The molecule has 2 amide bonds. The fraction of sp³-hybridized carbons (Fsp3) is 0.286. The number of rotatable bonds is 9. The van der Waals surface area contributed by atoms with Crippen molar-refractivity contribution in [2.24, 2.45) is 0 Å². The highest BCUT2D eigenvalue weighted by molar-refractivity contribution is 5.96. The molecule has 0 spiro atoms. The molecule has 0 unspecified atom stereocenters. The SMILES string of the molecule is COc1ccc(C2(CNC(=O)c3ccc(NC(=O)COc4ccccc4)cc3)CCOCC2)cc1. The number of carbonyl (C=O) groups excluding carboxylic acids is 2. The molecule has 0 aliphatic carbocycles. The van der Waals surface area contributed by atoms with Crippen LogP contribution in [0.5, 0.6) is 11.5 Å². The zero-order valence-corrected chi connectivity index (χ0v) is 19.8. The molecule has 182 valence electrons. The fourth-order valence-electron chi connectivity index (χ4n) is 4.19. The molecular weight excluding hydrogens is 444 g/mol. The van der Waals surface area contributed by atoms with Crippen LogP contribution in [0.15, 0.2) is 78.9 Å². The van der Waals surface area contributed by atoms with Crippen molar-refractivity contribution in [3.63, 3.8) is 0 Å². The van der Waals surface area contributed by atoms with E-state index in [0.29, 0.717) is 36.8 Å². The summed E-state index contributed by atoms with van der Waals surface area (Å²) in [7, 11) is 1.65. The van der Waals surface area contributed by atoms with E-state index in [4.69, 9.17) is 14.2 Å². The van der Waals surface area contributed by atoms with E-state index in [1.165, 1.54) is 0 Å². The van der Waals surface area contributed by atoms with Gasteiger partial charge in [0, 0.05) is 36.4 Å². The Hall–Kier alpha value is -3.84. The van der Waals surface area contributed by atoms with Crippen molar-refractivity contribution in [2.45, 2.75) is 18.3 Å². The first-order chi connectivity index (χ1) is 17.1. The third-order valence-electron chi connectivity index (χ3n) is 6.28. The molecule has 1 heterocycles. The largest absolute Gasteiger partial charge is 0.497 e. The second kappa shape index (κ2) is 11.5. The smallest absolute Gasteiger partial charge is 0.262 e. The summed E-state index contributed by atoms with van der Waals surface area (Å²) in [5.74, 6) is 1.01. The second-order valence-electron chi connectivity index (χ2n) is 8.53. The van der Waals surface area contributed by atoms with Crippen molar-refractivity contribution in [2.75, 3.05) is 38.8 Å². The van der Waals surface area contributed by atoms with E-state index in [1.807, 2.05) is 30.3 Å². The van der Waals surface area contributed by atoms with Gasteiger partial charge in [-0.2, -0.15) is 0 Å². The van der Waals surface area contributed by atoms with Gasteiger partial charge >= 0.3 is 0 Å². The van der Waals surface area contributed by atoms with Gasteiger partial charge in [-0.1, -0.05) is 30.3 Å². The number of amides is 2. The average molecular weight is 475 g/mol. The molecule has 3 aromatic rings. The first kappa shape index (κ1) is 24.3. The molecule has 4 rings (SSSR count). The summed E-state index contributed by atoms with van der Waals surface area (Å²) in [5.41, 5.74) is 2.10. The number of hydrogen-bond donors (Lipinski definition) is 2. The monoisotopic (exact) mass is 474 g/mol. The molecule has 0 aromatic heterocycles. The Labute approximate surface area is 205 Å². The highest BCUT2D eigenvalue weighted by Gasteiger charge is 2.35. The minimum absolute atomic E-state index is 0.0938. The van der Waals surface area contributed by atoms with Crippen LogP contribution in [0.1, 0.15) is 28.8 Å². The van der Waals surface area contributed by atoms with Crippen molar-refractivity contribution in [3.05, 3.63) is 90.0 Å². The van der Waals surface area contributed by atoms with Gasteiger partial charge in [0.25, 0.3) is 11.8 Å². The molecule has 3 aromatic carbocycles. The van der Waals surface area contributed by atoms with Gasteiger partial charge in [-0.25, -0.2) is 0 Å². The molecule has 7 heteroatoms. The molecule has 0 bridgehead atoms. The Kier molecular flexibility index (Phi) is 8.00. The van der Waals surface area contributed by atoms with E-state index in [1.54, 1.807) is 43.5 Å². The van der Waals surface area contributed by atoms with Crippen LogP contribution >= 0.6 is 0 Å². The highest BCUT2D eigenvalue weighted by Crippen LogP contribution is 2.35. The summed E-state index contributed by atoms with van der Waals surface area (Å²) >= 11 is 0. The first-order valence-electron chi connectivity index (χ1n) is 11.7. The zero-order valence-electron chi connectivity index (χ0n) is 19.8. The summed E-state index contributed by atoms with van der Waals surface area (Å²) < 4.78 is 16.3. The zero-order chi connectivity index (χ0) is 24.5. The summed E-state index contributed by atoms with van der Waals surface area (Å²) in [5, 5.41) is 5.88. The molecular formula is C28H30N2O5. The molecule has 1 aliphatic rings. The van der Waals surface area contributed by atoms with Crippen LogP contribution < -0.4 is 20.1 Å². The van der Waals surface area contributed by atoms with Gasteiger partial charge in [-0.05, 0) is 66.9 Å². The molecule has 0 radical (unpaired) electrons. The normalized spacial score (nSPS) is 14.5. The first-order valence-corrected chi connectivity index (χ1v) is 11.7. The second-order valence-corrected chi connectivity index (χ2v) is 8.53. The van der Waals surface area contributed by atoms with Gasteiger partial charge in [-0.3, -0.25) is 9.59 Å². The minimum Gasteiger partial charge on any atom is -0.497 e. The Morgan fingerprint density at radius 3 is 2.23 bits per heavy atom. The molecule has 35 heavy (non-hydrogen) atoms. The summed E-state index contributed by atoms with van der Waals surface area (Å²) in [6, 6.07) is 24.0. The summed E-state index contributed by atoms with van der Waals surface area (Å²) in [6.45, 7) is 1.73. The molecule has 1 aliphatic heterocycles. The van der Waals surface area contributed by atoms with E-state index in [-0.39, 0.29) is 23.8 Å². The van der Waals surface area contributed by atoms with Crippen LogP contribution in [0.3, 0.4) is 0 Å². The quantitative estimate of drug-likeness (QED) is 0.486. The Bertz CT molecular complexity index is 1110. The lowest BCUT2D eigenvalue weighted by molar-refractivity contribution is -0.118. The molecule has 7 nitrogen and oxygen atoms in total. The third kappa shape index (κ3) is 6.39. The van der Waals surface area contributed by atoms with Crippen molar-refractivity contribution in [3.8, 4) is 11.5 Å². The van der Waals surface area contributed by atoms with Crippen molar-refractivity contribution < 1.29 is 23.8 Å². The lowest BCUT2D eigenvalue weighted by atomic mass is 9.74. The molecule has 0 saturated carbocycles. The van der Waals surface area contributed by atoms with Crippen molar-refractivity contribution in [1.29, 1.82) is 0 Å². The number of anilines is 1. The topological polar surface area (TPSA) is 85.9 Å². The number of benzene rings is 3. The fourth-order valence-corrected chi connectivity index (χ4v) is 4.19. The van der Waals surface area contributed by atoms with Crippen LogP contribution in [0.25, 0.3) is 0 Å². The maximum absolute atomic E-state index is 12.9. The number of hydrogen-bond acceptors (Lipinski definition) is 5. The lowest BCUT2D eigenvalue weighted by Crippen LogP contribution is -2.44. The van der Waals surface area contributed by atoms with E-state index < -0.39 is 0 Å². The Morgan fingerprint density at radius 1 is 0.886 bits per heavy atom.